The normalized spacial score (nSPS) is 23.3. The molecule has 1 aromatic carbocycles. The molecule has 1 aliphatic rings. The van der Waals surface area contributed by atoms with Gasteiger partial charge in [-0.2, -0.15) is 0 Å². The van der Waals surface area contributed by atoms with E-state index in [9.17, 15) is 5.11 Å². The summed E-state index contributed by atoms with van der Waals surface area (Å²) in [5, 5.41) is 16.6. The van der Waals surface area contributed by atoms with E-state index in [0.717, 1.165) is 12.0 Å². The number of benzene rings is 1. The van der Waals surface area contributed by atoms with Crippen molar-refractivity contribution in [1.82, 2.24) is 5.32 Å². The molecule has 1 aliphatic heterocycles. The average Bonchev–Trinajstić information content (AvgIpc) is 2.93. The topological polar surface area (TPSA) is 32.3 Å². The number of thiophene rings is 1. The van der Waals surface area contributed by atoms with Gasteiger partial charge in [0.05, 0.1) is 10.3 Å². The van der Waals surface area contributed by atoms with E-state index in [0.29, 0.717) is 17.8 Å². The van der Waals surface area contributed by atoms with E-state index in [1.165, 1.54) is 9.77 Å². The fourth-order valence-corrected chi connectivity index (χ4v) is 5.16. The lowest BCUT2D eigenvalue weighted by molar-refractivity contribution is 0.168. The van der Waals surface area contributed by atoms with Crippen LogP contribution < -0.4 is 5.32 Å². The van der Waals surface area contributed by atoms with Crippen molar-refractivity contribution in [2.24, 2.45) is 0 Å². The Balaban J connectivity index is 1.65. The first-order valence-corrected chi connectivity index (χ1v) is 8.70. The van der Waals surface area contributed by atoms with Crippen molar-refractivity contribution in [2.75, 3.05) is 6.54 Å². The van der Waals surface area contributed by atoms with E-state index >= 15 is 0 Å². The molecule has 2 aromatic rings. The van der Waals surface area contributed by atoms with Gasteiger partial charge < -0.3 is 10.4 Å². The van der Waals surface area contributed by atoms with Gasteiger partial charge in [-0.3, -0.25) is 0 Å². The average molecular weight is 305 g/mol. The molecule has 0 fully saturated rings. The summed E-state index contributed by atoms with van der Waals surface area (Å²) in [7, 11) is 0. The Morgan fingerprint density at radius 3 is 2.90 bits per heavy atom. The first-order valence-electron chi connectivity index (χ1n) is 6.94. The van der Waals surface area contributed by atoms with E-state index in [-0.39, 0.29) is 0 Å². The fourth-order valence-electron chi connectivity index (χ4n) is 2.59. The molecule has 3 atom stereocenters. The van der Waals surface area contributed by atoms with Gasteiger partial charge in [0.15, 0.2) is 0 Å². The lowest BCUT2D eigenvalue weighted by Crippen LogP contribution is -2.30. The highest BCUT2D eigenvalue weighted by Gasteiger charge is 2.26. The lowest BCUT2D eigenvalue weighted by Gasteiger charge is -2.28. The first-order chi connectivity index (χ1) is 9.74. The van der Waals surface area contributed by atoms with Crippen LogP contribution in [-0.4, -0.2) is 16.9 Å². The van der Waals surface area contributed by atoms with Gasteiger partial charge in [0.2, 0.25) is 0 Å². The second-order valence-electron chi connectivity index (χ2n) is 5.21. The molecule has 0 saturated heterocycles. The molecule has 0 spiro atoms. The first kappa shape index (κ1) is 14.1. The van der Waals surface area contributed by atoms with Gasteiger partial charge in [0.1, 0.15) is 0 Å². The highest BCUT2D eigenvalue weighted by atomic mass is 32.2. The van der Waals surface area contributed by atoms with Crippen LogP contribution in [0.1, 0.15) is 36.6 Å². The number of aliphatic hydroxyl groups is 1. The number of fused-ring (bicyclic) bond motifs is 1. The van der Waals surface area contributed by atoms with Gasteiger partial charge in [-0.05, 0) is 29.0 Å². The van der Waals surface area contributed by atoms with Crippen molar-refractivity contribution >= 4 is 23.1 Å². The molecule has 2 unspecified atom stereocenters. The van der Waals surface area contributed by atoms with Crippen LogP contribution in [0.3, 0.4) is 0 Å². The third kappa shape index (κ3) is 3.09. The van der Waals surface area contributed by atoms with Crippen molar-refractivity contribution in [1.29, 1.82) is 0 Å². The van der Waals surface area contributed by atoms with Crippen LogP contribution in [0.5, 0.6) is 0 Å². The standard InChI is InChI=1S/C16H19NOS2/c1-11-9-14(13-7-8-19-16(13)20-11)17-10-15(18)12-5-3-2-4-6-12/h2-8,11,14-15,17-18H,9-10H2,1H3/t11-,14?,15?/m0/s1. The number of hydrogen-bond acceptors (Lipinski definition) is 4. The molecule has 2 nitrogen and oxygen atoms in total. The van der Waals surface area contributed by atoms with Gasteiger partial charge in [-0.1, -0.05) is 37.3 Å². The van der Waals surface area contributed by atoms with Crippen LogP contribution in [0.4, 0.5) is 0 Å². The highest BCUT2D eigenvalue weighted by Crippen LogP contribution is 2.43. The lowest BCUT2D eigenvalue weighted by atomic mass is 10.0. The minimum absolute atomic E-state index is 0.367. The SMILES string of the molecule is C[C@H]1CC(NCC(O)c2ccccc2)c2ccsc2S1. The zero-order valence-electron chi connectivity index (χ0n) is 11.5. The summed E-state index contributed by atoms with van der Waals surface area (Å²) in [4.78, 5) is 0. The summed E-state index contributed by atoms with van der Waals surface area (Å²) in [5.41, 5.74) is 2.38. The molecule has 0 amide bonds. The molecule has 0 saturated carbocycles. The van der Waals surface area contributed by atoms with Crippen molar-refractivity contribution in [3.63, 3.8) is 0 Å². The number of thioether (sulfide) groups is 1. The van der Waals surface area contributed by atoms with Gasteiger partial charge >= 0.3 is 0 Å². The molecule has 3 rings (SSSR count). The summed E-state index contributed by atoms with van der Waals surface area (Å²) in [5.74, 6) is 0. The van der Waals surface area contributed by atoms with Crippen molar-refractivity contribution < 1.29 is 5.11 Å². The Labute approximate surface area is 128 Å². The van der Waals surface area contributed by atoms with E-state index in [1.54, 1.807) is 0 Å². The van der Waals surface area contributed by atoms with Crippen molar-refractivity contribution in [3.8, 4) is 0 Å². The van der Waals surface area contributed by atoms with Crippen LogP contribution in [0.15, 0.2) is 46.0 Å². The zero-order valence-corrected chi connectivity index (χ0v) is 13.1. The Kier molecular flexibility index (Phi) is 4.46. The van der Waals surface area contributed by atoms with Gasteiger partial charge in [-0.15, -0.1) is 23.1 Å². The number of nitrogens with one attached hydrogen (secondary N) is 1. The maximum absolute atomic E-state index is 10.3. The summed E-state index contributed by atoms with van der Waals surface area (Å²) < 4.78 is 1.43. The third-order valence-electron chi connectivity index (χ3n) is 3.65. The van der Waals surface area contributed by atoms with Crippen LogP contribution in [0.25, 0.3) is 0 Å². The van der Waals surface area contributed by atoms with Crippen LogP contribution in [-0.2, 0) is 0 Å². The maximum Gasteiger partial charge on any atom is 0.0914 e. The monoisotopic (exact) mass is 305 g/mol. The maximum atomic E-state index is 10.3. The minimum Gasteiger partial charge on any atom is -0.387 e. The second kappa shape index (κ2) is 6.31. The Morgan fingerprint density at radius 2 is 2.10 bits per heavy atom. The summed E-state index contributed by atoms with van der Waals surface area (Å²) in [6, 6.07) is 12.4. The Bertz CT molecular complexity index is 555. The largest absolute Gasteiger partial charge is 0.387 e. The third-order valence-corrected chi connectivity index (χ3v) is 6.00. The molecule has 2 heterocycles. The summed E-state index contributed by atoms with van der Waals surface area (Å²) >= 11 is 3.79. The minimum atomic E-state index is -0.442. The number of hydrogen-bond donors (Lipinski definition) is 2. The smallest absolute Gasteiger partial charge is 0.0914 e. The molecule has 20 heavy (non-hydrogen) atoms. The van der Waals surface area contributed by atoms with Crippen LogP contribution in [0.2, 0.25) is 0 Å². The molecule has 2 N–H and O–H groups in total. The molecule has 106 valence electrons. The molecule has 1 aromatic heterocycles. The molecular weight excluding hydrogens is 286 g/mol. The van der Waals surface area contributed by atoms with Crippen molar-refractivity contribution in [3.05, 3.63) is 52.9 Å². The predicted molar refractivity (Wildman–Crippen MR) is 86.4 cm³/mol. The van der Waals surface area contributed by atoms with E-state index < -0.39 is 6.10 Å². The second-order valence-corrected chi connectivity index (χ2v) is 7.84. The van der Waals surface area contributed by atoms with E-state index in [4.69, 9.17) is 0 Å². The van der Waals surface area contributed by atoms with E-state index in [2.05, 4.69) is 23.7 Å². The highest BCUT2D eigenvalue weighted by molar-refractivity contribution is 8.01. The molecule has 0 aliphatic carbocycles. The predicted octanol–water partition coefficient (Wildman–Crippen LogP) is 4.00. The van der Waals surface area contributed by atoms with Gasteiger partial charge in [0.25, 0.3) is 0 Å². The van der Waals surface area contributed by atoms with Crippen LogP contribution >= 0.6 is 23.1 Å². The van der Waals surface area contributed by atoms with E-state index in [1.807, 2.05) is 53.4 Å². The summed E-state index contributed by atoms with van der Waals surface area (Å²) in [6.45, 7) is 2.87. The molecule has 4 heteroatoms. The molecule has 0 bridgehead atoms. The Hall–Kier alpha value is -0.810. The van der Waals surface area contributed by atoms with Gasteiger partial charge in [-0.25, -0.2) is 0 Å². The summed E-state index contributed by atoms with van der Waals surface area (Å²) in [6.07, 6.45) is 0.679. The van der Waals surface area contributed by atoms with Crippen LogP contribution in [0, 0.1) is 0 Å². The van der Waals surface area contributed by atoms with Gasteiger partial charge in [0, 0.05) is 17.8 Å². The molecular formula is C16H19NOS2. The molecule has 0 radical (unpaired) electrons. The quantitative estimate of drug-likeness (QED) is 0.895. The van der Waals surface area contributed by atoms with Crippen molar-refractivity contribution in [2.45, 2.75) is 34.9 Å². The fraction of sp³-hybridized carbons (Fsp3) is 0.375. The number of rotatable bonds is 4. The number of aliphatic hydroxyl groups excluding tert-OH is 1. The Morgan fingerprint density at radius 1 is 1.30 bits per heavy atom. The zero-order chi connectivity index (χ0) is 13.9.